The molecule has 0 atom stereocenters. The molecule has 1 aliphatic heterocycles. The lowest BCUT2D eigenvalue weighted by atomic mass is 10.2. The molecule has 0 bridgehead atoms. The first-order valence-corrected chi connectivity index (χ1v) is 10.9. The molecule has 0 aliphatic carbocycles. The van der Waals surface area contributed by atoms with E-state index in [4.69, 9.17) is 0 Å². The first-order chi connectivity index (χ1) is 13.9. The molecule has 1 aromatic carbocycles. The average molecular weight is 431 g/mol. The lowest BCUT2D eigenvalue weighted by molar-refractivity contribution is -0.116. The molecule has 0 spiro atoms. The minimum atomic E-state index is -0.273. The van der Waals surface area contributed by atoms with Gasteiger partial charge in [0.1, 0.15) is 12.4 Å². The number of halogens is 1. The topological polar surface area (TPSA) is 67.2 Å². The van der Waals surface area contributed by atoms with Crippen LogP contribution in [-0.2, 0) is 4.79 Å². The van der Waals surface area contributed by atoms with Gasteiger partial charge in [-0.05, 0) is 44.2 Å². The third-order valence-electron chi connectivity index (χ3n) is 4.72. The monoisotopic (exact) mass is 430 g/mol. The highest BCUT2D eigenvalue weighted by Crippen LogP contribution is 2.31. The van der Waals surface area contributed by atoms with E-state index in [0.29, 0.717) is 11.7 Å². The SMILES string of the molecule is Cc1cc(-c2csc(NC(=O)CN3CCSC3=O)n2)c(C)n1-c1ccc(F)cc1. The Bertz CT molecular complexity index is 1070. The van der Waals surface area contributed by atoms with Gasteiger partial charge in [-0.2, -0.15) is 0 Å². The summed E-state index contributed by atoms with van der Waals surface area (Å²) in [6.45, 7) is 4.61. The van der Waals surface area contributed by atoms with Crippen molar-refractivity contribution < 1.29 is 14.0 Å². The van der Waals surface area contributed by atoms with Gasteiger partial charge < -0.3 is 14.8 Å². The second-order valence-electron chi connectivity index (χ2n) is 6.72. The number of aromatic nitrogens is 2. The Kier molecular flexibility index (Phi) is 5.42. The van der Waals surface area contributed by atoms with Gasteiger partial charge in [0.25, 0.3) is 5.24 Å². The fraction of sp³-hybridized carbons (Fsp3) is 0.250. The summed E-state index contributed by atoms with van der Waals surface area (Å²) in [5.74, 6) is 0.195. The third-order valence-corrected chi connectivity index (χ3v) is 6.37. The molecule has 0 unspecified atom stereocenters. The number of rotatable bonds is 5. The molecule has 150 valence electrons. The maximum absolute atomic E-state index is 13.3. The Morgan fingerprint density at radius 3 is 2.72 bits per heavy atom. The Morgan fingerprint density at radius 2 is 2.03 bits per heavy atom. The molecule has 1 saturated heterocycles. The summed E-state index contributed by atoms with van der Waals surface area (Å²) in [6, 6.07) is 8.38. The molecular formula is C20H19FN4O2S2. The molecule has 3 heterocycles. The summed E-state index contributed by atoms with van der Waals surface area (Å²) in [5, 5.41) is 5.10. The van der Waals surface area contributed by atoms with Crippen LogP contribution in [0.15, 0.2) is 35.7 Å². The second kappa shape index (κ2) is 8.00. The van der Waals surface area contributed by atoms with E-state index in [0.717, 1.165) is 34.1 Å². The van der Waals surface area contributed by atoms with E-state index in [1.165, 1.54) is 40.1 Å². The summed E-state index contributed by atoms with van der Waals surface area (Å²) >= 11 is 2.57. The first-order valence-electron chi connectivity index (χ1n) is 9.04. The van der Waals surface area contributed by atoms with Crippen LogP contribution in [0.5, 0.6) is 0 Å². The first kappa shape index (κ1) is 19.7. The quantitative estimate of drug-likeness (QED) is 0.649. The molecular weight excluding hydrogens is 411 g/mol. The number of nitrogens with zero attached hydrogens (tertiary/aromatic N) is 3. The normalized spacial score (nSPS) is 13.9. The number of amides is 2. The fourth-order valence-corrected chi connectivity index (χ4v) is 4.92. The number of benzene rings is 1. The molecule has 6 nitrogen and oxygen atoms in total. The van der Waals surface area contributed by atoms with Crippen molar-refractivity contribution in [1.29, 1.82) is 0 Å². The third kappa shape index (κ3) is 4.06. The summed E-state index contributed by atoms with van der Waals surface area (Å²) in [6.07, 6.45) is 0. The summed E-state index contributed by atoms with van der Waals surface area (Å²) < 4.78 is 15.3. The maximum atomic E-state index is 13.3. The number of carbonyl (C=O) groups is 2. The zero-order valence-electron chi connectivity index (χ0n) is 15.9. The molecule has 1 fully saturated rings. The largest absolute Gasteiger partial charge is 0.323 e. The van der Waals surface area contributed by atoms with E-state index >= 15 is 0 Å². The van der Waals surface area contributed by atoms with Gasteiger partial charge >= 0.3 is 0 Å². The minimum Gasteiger partial charge on any atom is -0.323 e. The lowest BCUT2D eigenvalue weighted by Gasteiger charge is -2.12. The van der Waals surface area contributed by atoms with Crippen LogP contribution in [0.25, 0.3) is 16.9 Å². The van der Waals surface area contributed by atoms with Crippen LogP contribution in [0.1, 0.15) is 11.4 Å². The number of hydrogen-bond acceptors (Lipinski definition) is 5. The minimum absolute atomic E-state index is 0.0415. The van der Waals surface area contributed by atoms with Crippen molar-refractivity contribution in [2.75, 3.05) is 24.2 Å². The van der Waals surface area contributed by atoms with Crippen molar-refractivity contribution in [3.8, 4) is 16.9 Å². The molecule has 1 aliphatic rings. The molecule has 29 heavy (non-hydrogen) atoms. The van der Waals surface area contributed by atoms with E-state index in [1.807, 2.05) is 29.9 Å². The van der Waals surface area contributed by atoms with E-state index in [2.05, 4.69) is 10.3 Å². The Hall–Kier alpha value is -2.65. The van der Waals surface area contributed by atoms with E-state index < -0.39 is 0 Å². The molecule has 2 aromatic heterocycles. The van der Waals surface area contributed by atoms with E-state index in [9.17, 15) is 14.0 Å². The number of thioether (sulfide) groups is 1. The van der Waals surface area contributed by atoms with Crippen molar-refractivity contribution in [3.05, 3.63) is 52.9 Å². The van der Waals surface area contributed by atoms with Gasteiger partial charge in [0, 0.05) is 40.3 Å². The standard InChI is InChI=1S/C20H19FN4O2S2/c1-12-9-16(13(2)25(12)15-5-3-14(21)4-6-15)17-11-29-19(22-17)23-18(26)10-24-7-8-28-20(24)27/h3-6,9,11H,7-8,10H2,1-2H3,(H,22,23,26). The average Bonchev–Trinajstić information content (AvgIpc) is 3.37. The van der Waals surface area contributed by atoms with Crippen molar-refractivity contribution in [3.63, 3.8) is 0 Å². The van der Waals surface area contributed by atoms with Gasteiger partial charge in [-0.15, -0.1) is 11.3 Å². The second-order valence-corrected chi connectivity index (χ2v) is 8.62. The number of thiazole rings is 1. The molecule has 3 aromatic rings. The summed E-state index contributed by atoms with van der Waals surface area (Å²) in [4.78, 5) is 29.9. The predicted molar refractivity (Wildman–Crippen MR) is 114 cm³/mol. The highest BCUT2D eigenvalue weighted by Gasteiger charge is 2.23. The van der Waals surface area contributed by atoms with Gasteiger partial charge in [-0.3, -0.25) is 9.59 Å². The van der Waals surface area contributed by atoms with Crippen molar-refractivity contribution in [2.24, 2.45) is 0 Å². The van der Waals surface area contributed by atoms with Gasteiger partial charge in [0.2, 0.25) is 5.91 Å². The molecule has 9 heteroatoms. The zero-order valence-corrected chi connectivity index (χ0v) is 17.6. The maximum Gasteiger partial charge on any atom is 0.282 e. The van der Waals surface area contributed by atoms with Crippen LogP contribution in [0.4, 0.5) is 14.3 Å². The Labute approximate surface area is 175 Å². The molecule has 0 saturated carbocycles. The van der Waals surface area contributed by atoms with Crippen LogP contribution < -0.4 is 5.32 Å². The van der Waals surface area contributed by atoms with Crippen LogP contribution in [0.2, 0.25) is 0 Å². The van der Waals surface area contributed by atoms with Crippen LogP contribution in [0, 0.1) is 19.7 Å². The highest BCUT2D eigenvalue weighted by atomic mass is 32.2. The van der Waals surface area contributed by atoms with Crippen molar-refractivity contribution in [1.82, 2.24) is 14.5 Å². The van der Waals surface area contributed by atoms with Gasteiger partial charge in [-0.1, -0.05) is 11.8 Å². The summed E-state index contributed by atoms with van der Waals surface area (Å²) in [5.41, 5.74) is 4.59. The molecule has 1 N–H and O–H groups in total. The number of anilines is 1. The molecule has 2 amide bonds. The Balaban J connectivity index is 1.52. The van der Waals surface area contributed by atoms with E-state index in [-0.39, 0.29) is 23.5 Å². The summed E-state index contributed by atoms with van der Waals surface area (Å²) in [7, 11) is 0. The lowest BCUT2D eigenvalue weighted by Crippen LogP contribution is -2.33. The van der Waals surface area contributed by atoms with Gasteiger partial charge in [0.15, 0.2) is 5.13 Å². The zero-order chi connectivity index (χ0) is 20.5. The van der Waals surface area contributed by atoms with Gasteiger partial charge in [-0.25, -0.2) is 9.37 Å². The van der Waals surface area contributed by atoms with Crippen LogP contribution >= 0.6 is 23.1 Å². The number of hydrogen-bond donors (Lipinski definition) is 1. The molecule has 0 radical (unpaired) electrons. The van der Waals surface area contributed by atoms with Crippen LogP contribution in [0.3, 0.4) is 0 Å². The number of carbonyl (C=O) groups excluding carboxylic acids is 2. The predicted octanol–water partition coefficient (Wildman–Crippen LogP) is 4.46. The van der Waals surface area contributed by atoms with Crippen LogP contribution in [-0.4, -0.2) is 44.4 Å². The molecule has 4 rings (SSSR count). The Morgan fingerprint density at radius 1 is 1.28 bits per heavy atom. The van der Waals surface area contributed by atoms with E-state index in [1.54, 1.807) is 12.1 Å². The fourth-order valence-electron chi connectivity index (χ4n) is 3.37. The highest BCUT2D eigenvalue weighted by molar-refractivity contribution is 8.13. The number of nitrogens with one attached hydrogen (secondary N) is 1. The van der Waals surface area contributed by atoms with Crippen molar-refractivity contribution >= 4 is 39.4 Å². The van der Waals surface area contributed by atoms with Gasteiger partial charge in [0.05, 0.1) is 5.69 Å². The smallest absolute Gasteiger partial charge is 0.282 e. The number of aryl methyl sites for hydroxylation is 1. The van der Waals surface area contributed by atoms with Crippen molar-refractivity contribution in [2.45, 2.75) is 13.8 Å².